The zero-order chi connectivity index (χ0) is 18.1. The highest BCUT2D eigenvalue weighted by Gasteiger charge is 2.26. The van der Waals surface area contributed by atoms with Gasteiger partial charge in [-0.15, -0.1) is 0 Å². The van der Waals surface area contributed by atoms with Crippen LogP contribution < -0.4 is 5.56 Å². The molecule has 140 valence electrons. The average Bonchev–Trinajstić information content (AvgIpc) is 3.37. The van der Waals surface area contributed by atoms with Gasteiger partial charge in [0.15, 0.2) is 5.82 Å². The summed E-state index contributed by atoms with van der Waals surface area (Å²) >= 11 is 0. The topological polar surface area (TPSA) is 77.0 Å². The fourth-order valence-electron chi connectivity index (χ4n) is 3.54. The van der Waals surface area contributed by atoms with Gasteiger partial charge in [0.1, 0.15) is 0 Å². The third-order valence-electron chi connectivity index (χ3n) is 5.42. The molecule has 1 aliphatic carbocycles. The third kappa shape index (κ3) is 4.03. The second-order valence-corrected chi connectivity index (χ2v) is 8.00. The molecule has 7 nitrogen and oxygen atoms in total. The summed E-state index contributed by atoms with van der Waals surface area (Å²) in [6, 6.07) is 1.73. The van der Waals surface area contributed by atoms with E-state index in [0.29, 0.717) is 24.3 Å². The monoisotopic (exact) mass is 357 g/mol. The summed E-state index contributed by atoms with van der Waals surface area (Å²) in [7, 11) is 0. The van der Waals surface area contributed by atoms with E-state index >= 15 is 0 Å². The number of nitrogens with zero attached hydrogens (tertiary/aromatic N) is 5. The average molecular weight is 357 g/mol. The van der Waals surface area contributed by atoms with Crippen molar-refractivity contribution in [2.45, 2.75) is 64.5 Å². The van der Waals surface area contributed by atoms with Crippen molar-refractivity contribution in [3.8, 4) is 0 Å². The minimum absolute atomic E-state index is 0.0939. The molecule has 1 saturated heterocycles. The van der Waals surface area contributed by atoms with E-state index in [4.69, 9.17) is 4.52 Å². The van der Waals surface area contributed by atoms with E-state index in [1.54, 1.807) is 17.0 Å². The molecule has 7 heteroatoms. The summed E-state index contributed by atoms with van der Waals surface area (Å²) in [6.07, 6.45) is 6.24. The van der Waals surface area contributed by atoms with Crippen LogP contribution in [0.3, 0.4) is 0 Å². The maximum Gasteiger partial charge on any atom is 0.253 e. The van der Waals surface area contributed by atoms with Crippen molar-refractivity contribution in [3.05, 3.63) is 40.2 Å². The molecular formula is C19H27N5O2. The van der Waals surface area contributed by atoms with Gasteiger partial charge < -0.3 is 4.52 Å². The Morgan fingerprint density at radius 2 is 2.00 bits per heavy atom. The summed E-state index contributed by atoms with van der Waals surface area (Å²) in [6.45, 7) is 7.59. The molecule has 3 heterocycles. The standard InChI is InChI=1S/C19H27N5O2/c1-13(2)19-21-17(26-22-19)11-23-7-5-14(6-8-23)10-24-12-20-16(9-18(24)25)15-3-4-15/h9,12-15H,3-8,10-11H2,1-2H3. The summed E-state index contributed by atoms with van der Waals surface area (Å²) in [5, 5.41) is 4.03. The molecule has 2 aromatic heterocycles. The molecule has 0 amide bonds. The molecule has 2 fully saturated rings. The Labute approximate surface area is 153 Å². The van der Waals surface area contributed by atoms with Crippen LogP contribution >= 0.6 is 0 Å². The molecule has 0 bridgehead atoms. The maximum atomic E-state index is 12.3. The first-order valence-corrected chi connectivity index (χ1v) is 9.69. The molecule has 1 saturated carbocycles. The van der Waals surface area contributed by atoms with E-state index in [1.165, 1.54) is 12.8 Å². The van der Waals surface area contributed by atoms with Crippen molar-refractivity contribution in [2.24, 2.45) is 5.92 Å². The molecule has 2 aliphatic rings. The van der Waals surface area contributed by atoms with Gasteiger partial charge in [0.2, 0.25) is 5.89 Å². The van der Waals surface area contributed by atoms with Crippen molar-refractivity contribution in [2.75, 3.05) is 13.1 Å². The molecule has 26 heavy (non-hydrogen) atoms. The summed E-state index contributed by atoms with van der Waals surface area (Å²) < 4.78 is 7.12. The van der Waals surface area contributed by atoms with Gasteiger partial charge >= 0.3 is 0 Å². The van der Waals surface area contributed by atoms with Gasteiger partial charge in [-0.2, -0.15) is 4.98 Å². The predicted molar refractivity (Wildman–Crippen MR) is 96.9 cm³/mol. The molecule has 0 spiro atoms. The van der Waals surface area contributed by atoms with Gasteiger partial charge in [0.25, 0.3) is 5.56 Å². The lowest BCUT2D eigenvalue weighted by molar-refractivity contribution is 0.150. The van der Waals surface area contributed by atoms with Crippen LogP contribution in [0.4, 0.5) is 0 Å². The first-order valence-electron chi connectivity index (χ1n) is 9.69. The largest absolute Gasteiger partial charge is 0.338 e. The number of hydrogen-bond donors (Lipinski definition) is 0. The highest BCUT2D eigenvalue weighted by molar-refractivity contribution is 5.12. The molecular weight excluding hydrogens is 330 g/mol. The third-order valence-corrected chi connectivity index (χ3v) is 5.42. The van der Waals surface area contributed by atoms with E-state index in [1.807, 2.05) is 0 Å². The van der Waals surface area contributed by atoms with Crippen molar-refractivity contribution in [1.29, 1.82) is 0 Å². The second kappa shape index (κ2) is 7.31. The van der Waals surface area contributed by atoms with Crippen molar-refractivity contribution in [3.63, 3.8) is 0 Å². The Morgan fingerprint density at radius 3 is 2.62 bits per heavy atom. The number of aromatic nitrogens is 4. The number of piperidine rings is 1. The normalized spacial score (nSPS) is 19.3. The van der Waals surface area contributed by atoms with Gasteiger partial charge in [0.05, 0.1) is 18.6 Å². The Morgan fingerprint density at radius 1 is 1.23 bits per heavy atom. The minimum Gasteiger partial charge on any atom is -0.338 e. The van der Waals surface area contributed by atoms with Crippen LogP contribution in [-0.4, -0.2) is 37.7 Å². The number of likely N-dealkylation sites (tertiary alicyclic amines) is 1. The van der Waals surface area contributed by atoms with Gasteiger partial charge in [-0.05, 0) is 44.7 Å². The second-order valence-electron chi connectivity index (χ2n) is 8.00. The quantitative estimate of drug-likeness (QED) is 0.791. The molecule has 0 unspecified atom stereocenters. The summed E-state index contributed by atoms with van der Waals surface area (Å²) in [5.41, 5.74) is 1.07. The van der Waals surface area contributed by atoms with Crippen molar-refractivity contribution < 1.29 is 4.52 Å². The lowest BCUT2D eigenvalue weighted by atomic mass is 9.96. The van der Waals surface area contributed by atoms with Crippen molar-refractivity contribution in [1.82, 2.24) is 24.6 Å². The SMILES string of the molecule is CC(C)c1noc(CN2CCC(Cn3cnc(C4CC4)cc3=O)CC2)n1. The fraction of sp³-hybridized carbons (Fsp3) is 0.684. The molecule has 0 aromatic carbocycles. The van der Waals surface area contributed by atoms with Gasteiger partial charge in [-0.25, -0.2) is 4.98 Å². The zero-order valence-electron chi connectivity index (χ0n) is 15.6. The Balaban J connectivity index is 1.28. The highest BCUT2D eigenvalue weighted by Crippen LogP contribution is 2.38. The molecule has 2 aromatic rings. The Hall–Kier alpha value is -2.02. The Bertz CT molecular complexity index is 800. The molecule has 1 aliphatic heterocycles. The van der Waals surface area contributed by atoms with E-state index in [2.05, 4.69) is 33.9 Å². The van der Waals surface area contributed by atoms with Crippen LogP contribution in [0.1, 0.15) is 68.8 Å². The van der Waals surface area contributed by atoms with E-state index in [0.717, 1.165) is 44.0 Å². The zero-order valence-corrected chi connectivity index (χ0v) is 15.6. The fourth-order valence-corrected chi connectivity index (χ4v) is 3.54. The molecule has 0 atom stereocenters. The first kappa shape index (κ1) is 17.4. The van der Waals surface area contributed by atoms with E-state index in [-0.39, 0.29) is 11.5 Å². The van der Waals surface area contributed by atoms with Crippen LogP contribution in [-0.2, 0) is 13.1 Å². The highest BCUT2D eigenvalue weighted by atomic mass is 16.5. The van der Waals surface area contributed by atoms with Crippen LogP contribution in [0.15, 0.2) is 21.7 Å². The van der Waals surface area contributed by atoms with E-state index in [9.17, 15) is 4.79 Å². The van der Waals surface area contributed by atoms with E-state index < -0.39 is 0 Å². The Kier molecular flexibility index (Phi) is 4.89. The lowest BCUT2D eigenvalue weighted by Crippen LogP contribution is -2.36. The van der Waals surface area contributed by atoms with Crippen LogP contribution in [0.5, 0.6) is 0 Å². The van der Waals surface area contributed by atoms with Crippen LogP contribution in [0.2, 0.25) is 0 Å². The minimum atomic E-state index is 0.0939. The lowest BCUT2D eigenvalue weighted by Gasteiger charge is -2.31. The summed E-state index contributed by atoms with van der Waals surface area (Å²) in [5.74, 6) is 2.81. The molecule has 0 N–H and O–H groups in total. The van der Waals surface area contributed by atoms with Crippen LogP contribution in [0.25, 0.3) is 0 Å². The number of rotatable bonds is 6. The van der Waals surface area contributed by atoms with Gasteiger partial charge in [-0.3, -0.25) is 14.3 Å². The van der Waals surface area contributed by atoms with Crippen LogP contribution in [0, 0.1) is 5.92 Å². The predicted octanol–water partition coefficient (Wildman–Crippen LogP) is 2.54. The van der Waals surface area contributed by atoms with Gasteiger partial charge in [-0.1, -0.05) is 19.0 Å². The molecule has 4 rings (SSSR count). The summed E-state index contributed by atoms with van der Waals surface area (Å²) in [4.78, 5) is 23.6. The molecule has 0 radical (unpaired) electrons. The maximum absolute atomic E-state index is 12.3. The number of hydrogen-bond acceptors (Lipinski definition) is 6. The van der Waals surface area contributed by atoms with Crippen molar-refractivity contribution >= 4 is 0 Å². The van der Waals surface area contributed by atoms with Gasteiger partial charge in [0, 0.05) is 24.4 Å². The first-order chi connectivity index (χ1) is 12.6. The smallest absolute Gasteiger partial charge is 0.253 e.